The molecule has 0 spiro atoms. The van der Waals surface area contributed by atoms with Crippen LogP contribution >= 0.6 is 11.6 Å². The summed E-state index contributed by atoms with van der Waals surface area (Å²) < 4.78 is 1.67. The van der Waals surface area contributed by atoms with E-state index in [1.807, 2.05) is 4.90 Å². The molecule has 0 saturated carbocycles. The Morgan fingerprint density at radius 2 is 2.16 bits per heavy atom. The first-order valence-electron chi connectivity index (χ1n) is 6.05. The molecule has 0 bridgehead atoms. The van der Waals surface area contributed by atoms with Crippen molar-refractivity contribution in [3.63, 3.8) is 0 Å². The maximum absolute atomic E-state index is 9.36. The molecule has 3 rings (SSSR count). The van der Waals surface area contributed by atoms with Gasteiger partial charge < -0.3 is 10.0 Å². The van der Waals surface area contributed by atoms with Crippen molar-refractivity contribution < 1.29 is 5.11 Å². The number of aliphatic hydroxyl groups is 1. The number of aliphatic hydroxyl groups excluding tert-OH is 1. The van der Waals surface area contributed by atoms with Crippen LogP contribution < -0.4 is 4.90 Å². The van der Waals surface area contributed by atoms with E-state index >= 15 is 0 Å². The minimum absolute atomic E-state index is 0.0501. The molecule has 1 fully saturated rings. The summed E-state index contributed by atoms with van der Waals surface area (Å²) in [5.41, 5.74) is 0. The highest BCUT2D eigenvalue weighted by atomic mass is 35.5. The number of halogens is 1. The average Bonchev–Trinajstić information content (AvgIpc) is 3.09. The summed E-state index contributed by atoms with van der Waals surface area (Å²) in [6.45, 7) is 0.901. The molecule has 2 aromatic rings. The summed E-state index contributed by atoms with van der Waals surface area (Å²) in [7, 11) is 0. The number of rotatable bonds is 3. The van der Waals surface area contributed by atoms with Crippen molar-refractivity contribution in [3.8, 4) is 5.95 Å². The van der Waals surface area contributed by atoms with Crippen LogP contribution in [0.2, 0.25) is 5.28 Å². The number of hydrogen-bond donors (Lipinski definition) is 1. The molecule has 1 saturated heterocycles. The predicted molar refractivity (Wildman–Crippen MR) is 69.4 cm³/mol. The zero-order valence-corrected chi connectivity index (χ0v) is 10.9. The normalized spacial score (nSPS) is 19.1. The largest absolute Gasteiger partial charge is 0.394 e. The van der Waals surface area contributed by atoms with Crippen molar-refractivity contribution >= 4 is 17.5 Å². The molecule has 1 aliphatic heterocycles. The molecule has 19 heavy (non-hydrogen) atoms. The van der Waals surface area contributed by atoms with Gasteiger partial charge in [0.15, 0.2) is 0 Å². The molecule has 0 aromatic carbocycles. The first-order valence-corrected chi connectivity index (χ1v) is 6.43. The molecule has 100 valence electrons. The molecular formula is C11H13ClN6O. The fourth-order valence-corrected chi connectivity index (χ4v) is 2.39. The van der Waals surface area contributed by atoms with Crippen molar-refractivity contribution in [2.75, 3.05) is 18.1 Å². The van der Waals surface area contributed by atoms with Gasteiger partial charge in [-0.25, -0.2) is 4.98 Å². The number of nitrogens with zero attached hydrogens (tertiary/aromatic N) is 6. The zero-order valence-electron chi connectivity index (χ0n) is 10.1. The number of anilines is 1. The van der Waals surface area contributed by atoms with E-state index in [9.17, 15) is 5.11 Å². The van der Waals surface area contributed by atoms with Gasteiger partial charge in [0, 0.05) is 18.9 Å². The minimum Gasteiger partial charge on any atom is -0.394 e. The molecule has 8 heteroatoms. The third-order valence-electron chi connectivity index (χ3n) is 3.16. The van der Waals surface area contributed by atoms with E-state index < -0.39 is 0 Å². The van der Waals surface area contributed by atoms with Crippen LogP contribution in [0.25, 0.3) is 5.95 Å². The summed E-state index contributed by atoms with van der Waals surface area (Å²) in [6, 6.07) is 0.0501. The van der Waals surface area contributed by atoms with Crippen molar-refractivity contribution in [2.45, 2.75) is 18.9 Å². The average molecular weight is 281 g/mol. The van der Waals surface area contributed by atoms with Crippen molar-refractivity contribution in [1.29, 1.82) is 0 Å². The first-order chi connectivity index (χ1) is 9.28. The van der Waals surface area contributed by atoms with Crippen LogP contribution in [-0.2, 0) is 0 Å². The van der Waals surface area contributed by atoms with Gasteiger partial charge in [-0.05, 0) is 24.4 Å². The summed E-state index contributed by atoms with van der Waals surface area (Å²) in [5.74, 6) is 0.927. The maximum Gasteiger partial charge on any atom is 0.241 e. The van der Waals surface area contributed by atoms with E-state index in [0.29, 0.717) is 11.9 Å². The monoisotopic (exact) mass is 280 g/mol. The number of imidazole rings is 1. The molecule has 7 nitrogen and oxygen atoms in total. The standard InChI is InChI=1S/C11H13ClN6O/c12-9-14-10(17-5-3-13-7-17)16-11(15-9)18-4-1-2-8(18)6-19/h3,5,7-8,19H,1-2,4,6H2. The van der Waals surface area contributed by atoms with Gasteiger partial charge in [0.1, 0.15) is 6.33 Å². The lowest BCUT2D eigenvalue weighted by atomic mass is 10.2. The van der Waals surface area contributed by atoms with E-state index in [1.54, 1.807) is 23.3 Å². The molecule has 0 amide bonds. The Bertz CT molecular complexity index is 560. The Hall–Kier alpha value is -1.73. The molecule has 1 unspecified atom stereocenters. The van der Waals surface area contributed by atoms with Crippen molar-refractivity contribution in [2.24, 2.45) is 0 Å². The van der Waals surface area contributed by atoms with E-state index in [-0.39, 0.29) is 17.9 Å². The van der Waals surface area contributed by atoms with E-state index in [2.05, 4.69) is 19.9 Å². The van der Waals surface area contributed by atoms with Gasteiger partial charge in [-0.1, -0.05) is 0 Å². The zero-order chi connectivity index (χ0) is 13.2. The lowest BCUT2D eigenvalue weighted by Crippen LogP contribution is -2.33. The van der Waals surface area contributed by atoms with Gasteiger partial charge in [-0.15, -0.1) is 0 Å². The van der Waals surface area contributed by atoms with Crippen LogP contribution in [0.3, 0.4) is 0 Å². The summed E-state index contributed by atoms with van der Waals surface area (Å²) >= 11 is 5.95. The van der Waals surface area contributed by atoms with E-state index in [0.717, 1.165) is 19.4 Å². The smallest absolute Gasteiger partial charge is 0.241 e. The highest BCUT2D eigenvalue weighted by Crippen LogP contribution is 2.23. The predicted octanol–water partition coefficient (Wildman–Crippen LogP) is 0.672. The van der Waals surface area contributed by atoms with Crippen LogP contribution in [0.15, 0.2) is 18.7 Å². The van der Waals surface area contributed by atoms with Gasteiger partial charge in [0.2, 0.25) is 17.2 Å². The van der Waals surface area contributed by atoms with Gasteiger partial charge in [0.05, 0.1) is 12.6 Å². The molecule has 1 N–H and O–H groups in total. The van der Waals surface area contributed by atoms with Crippen LogP contribution in [0, 0.1) is 0 Å². The number of hydrogen-bond acceptors (Lipinski definition) is 6. The molecule has 1 aliphatic rings. The van der Waals surface area contributed by atoms with Crippen molar-refractivity contribution in [3.05, 3.63) is 24.0 Å². The quantitative estimate of drug-likeness (QED) is 0.890. The summed E-state index contributed by atoms with van der Waals surface area (Å²) in [5, 5.41) is 9.50. The third-order valence-corrected chi connectivity index (χ3v) is 3.33. The second-order valence-corrected chi connectivity index (χ2v) is 4.68. The van der Waals surface area contributed by atoms with Crippen molar-refractivity contribution in [1.82, 2.24) is 24.5 Å². The second-order valence-electron chi connectivity index (χ2n) is 4.35. The summed E-state index contributed by atoms with van der Waals surface area (Å²) in [6.07, 6.45) is 6.92. The van der Waals surface area contributed by atoms with E-state index in [1.165, 1.54) is 0 Å². The maximum atomic E-state index is 9.36. The lowest BCUT2D eigenvalue weighted by molar-refractivity contribution is 0.265. The topological polar surface area (TPSA) is 80.0 Å². The molecule has 2 aromatic heterocycles. The lowest BCUT2D eigenvalue weighted by Gasteiger charge is -2.22. The Balaban J connectivity index is 1.98. The molecule has 3 heterocycles. The molecule has 0 aliphatic carbocycles. The van der Waals surface area contributed by atoms with Gasteiger partial charge in [-0.2, -0.15) is 15.0 Å². The summed E-state index contributed by atoms with van der Waals surface area (Å²) in [4.78, 5) is 18.5. The van der Waals surface area contributed by atoms with Gasteiger partial charge in [-0.3, -0.25) is 4.57 Å². The first kappa shape index (κ1) is 12.3. The third kappa shape index (κ3) is 2.39. The molecule has 1 atom stereocenters. The van der Waals surface area contributed by atoms with Crippen LogP contribution in [-0.4, -0.2) is 48.8 Å². The van der Waals surface area contributed by atoms with Crippen LogP contribution in [0.4, 0.5) is 5.95 Å². The highest BCUT2D eigenvalue weighted by Gasteiger charge is 2.26. The molecular weight excluding hydrogens is 268 g/mol. The van der Waals surface area contributed by atoms with E-state index in [4.69, 9.17) is 11.6 Å². The Labute approximate surface area is 114 Å². The SMILES string of the molecule is OCC1CCCN1c1nc(Cl)nc(-n2ccnc2)n1. The fraction of sp³-hybridized carbons (Fsp3) is 0.455. The fourth-order valence-electron chi connectivity index (χ4n) is 2.24. The Kier molecular flexibility index (Phi) is 3.31. The second kappa shape index (κ2) is 5.10. The Morgan fingerprint density at radius 1 is 1.32 bits per heavy atom. The molecule has 0 radical (unpaired) electrons. The Morgan fingerprint density at radius 3 is 2.89 bits per heavy atom. The van der Waals surface area contributed by atoms with Crippen LogP contribution in [0.1, 0.15) is 12.8 Å². The highest BCUT2D eigenvalue weighted by molar-refractivity contribution is 6.28. The van der Waals surface area contributed by atoms with Gasteiger partial charge >= 0.3 is 0 Å². The number of aromatic nitrogens is 5. The minimum atomic E-state index is 0.0501. The van der Waals surface area contributed by atoms with Crippen LogP contribution in [0.5, 0.6) is 0 Å². The van der Waals surface area contributed by atoms with Gasteiger partial charge in [0.25, 0.3) is 0 Å².